The first-order valence-corrected chi connectivity index (χ1v) is 8.57. The summed E-state index contributed by atoms with van der Waals surface area (Å²) in [5, 5.41) is 2.26. The zero-order chi connectivity index (χ0) is 18.5. The number of benzene rings is 1. The van der Waals surface area contributed by atoms with Crippen LogP contribution in [0.2, 0.25) is 0 Å². The number of aromatic amines is 1. The summed E-state index contributed by atoms with van der Waals surface area (Å²) in [5.74, 6) is 1.83. The van der Waals surface area contributed by atoms with Crippen LogP contribution in [0.15, 0.2) is 58.0 Å². The van der Waals surface area contributed by atoms with Gasteiger partial charge in [-0.3, -0.25) is 4.79 Å². The van der Waals surface area contributed by atoms with Crippen LogP contribution in [0.25, 0.3) is 11.3 Å². The van der Waals surface area contributed by atoms with Gasteiger partial charge in [-0.15, -0.1) is 12.4 Å². The Morgan fingerprint density at radius 2 is 1.93 bits per heavy atom. The summed E-state index contributed by atoms with van der Waals surface area (Å²) in [6, 6.07) is 13.0. The fourth-order valence-corrected chi connectivity index (χ4v) is 2.62. The Hall–Kier alpha value is -2.73. The quantitative estimate of drug-likeness (QED) is 0.652. The van der Waals surface area contributed by atoms with Crippen molar-refractivity contribution in [2.45, 2.75) is 39.4 Å². The molecule has 0 aliphatic heterocycles. The lowest BCUT2D eigenvalue weighted by Crippen LogP contribution is -2.16. The molecule has 144 valence electrons. The van der Waals surface area contributed by atoms with Gasteiger partial charge in [-0.1, -0.05) is 12.1 Å². The third kappa shape index (κ3) is 5.89. The highest BCUT2D eigenvalue weighted by Gasteiger charge is 2.09. The lowest BCUT2D eigenvalue weighted by molar-refractivity contribution is 0.212. The van der Waals surface area contributed by atoms with E-state index in [0.29, 0.717) is 17.2 Å². The molecule has 0 bridgehead atoms. The predicted octanol–water partition coefficient (Wildman–Crippen LogP) is 4.25. The van der Waals surface area contributed by atoms with E-state index in [1.165, 1.54) is 6.07 Å². The number of pyridine rings is 1. The summed E-state index contributed by atoms with van der Waals surface area (Å²) in [6.07, 6.45) is 2.45. The number of halogens is 1. The largest absolute Gasteiger partial charge is 0.491 e. The summed E-state index contributed by atoms with van der Waals surface area (Å²) >= 11 is 0. The topological polar surface area (TPSA) is 77.4 Å². The van der Waals surface area contributed by atoms with Gasteiger partial charge in [-0.2, -0.15) is 5.16 Å². The molecule has 0 saturated carbocycles. The van der Waals surface area contributed by atoms with Gasteiger partial charge >= 0.3 is 0 Å². The van der Waals surface area contributed by atoms with E-state index in [1.54, 1.807) is 18.3 Å². The van der Waals surface area contributed by atoms with Crippen molar-refractivity contribution >= 4 is 12.4 Å². The standard InChI is InChI=1S/C20H22N2O4.ClH/c1-13(2)24-17-6-4-5-15(10-17)9-14(3)25-20-8-7-16(12-21-20)18-11-19(23)22-26-18;/h4-8,10-14H,9H2,1-3H3,(H,22,23);1H/t14-;/m0./s1. The van der Waals surface area contributed by atoms with Crippen LogP contribution >= 0.6 is 12.4 Å². The molecule has 0 radical (unpaired) electrons. The minimum Gasteiger partial charge on any atom is -0.491 e. The summed E-state index contributed by atoms with van der Waals surface area (Å²) < 4.78 is 16.7. The molecule has 1 N–H and O–H groups in total. The van der Waals surface area contributed by atoms with Gasteiger partial charge in [-0.05, 0) is 44.5 Å². The molecule has 7 heteroatoms. The van der Waals surface area contributed by atoms with Crippen molar-refractivity contribution in [2.75, 3.05) is 0 Å². The average Bonchev–Trinajstić information content (AvgIpc) is 3.01. The second-order valence-corrected chi connectivity index (χ2v) is 6.41. The minimum absolute atomic E-state index is 0. The van der Waals surface area contributed by atoms with Gasteiger partial charge in [0.1, 0.15) is 11.9 Å². The molecule has 2 heterocycles. The van der Waals surface area contributed by atoms with Crippen LogP contribution in [0, 0.1) is 0 Å². The highest BCUT2D eigenvalue weighted by molar-refractivity contribution is 5.85. The molecule has 0 aliphatic rings. The molecule has 0 fully saturated rings. The van der Waals surface area contributed by atoms with E-state index in [4.69, 9.17) is 14.0 Å². The van der Waals surface area contributed by atoms with Crippen LogP contribution in [0.5, 0.6) is 11.6 Å². The zero-order valence-corrected chi connectivity index (χ0v) is 16.3. The first-order valence-electron chi connectivity index (χ1n) is 8.57. The van der Waals surface area contributed by atoms with E-state index in [0.717, 1.165) is 17.7 Å². The van der Waals surface area contributed by atoms with Crippen LogP contribution < -0.4 is 15.0 Å². The summed E-state index contributed by atoms with van der Waals surface area (Å²) in [4.78, 5) is 15.4. The molecule has 27 heavy (non-hydrogen) atoms. The Bertz CT molecular complexity index is 903. The van der Waals surface area contributed by atoms with Gasteiger partial charge in [0, 0.05) is 24.2 Å². The maximum Gasteiger partial charge on any atom is 0.280 e. The second-order valence-electron chi connectivity index (χ2n) is 6.41. The van der Waals surface area contributed by atoms with Crippen LogP contribution in [-0.4, -0.2) is 22.3 Å². The smallest absolute Gasteiger partial charge is 0.280 e. The summed E-state index contributed by atoms with van der Waals surface area (Å²) in [7, 11) is 0. The monoisotopic (exact) mass is 390 g/mol. The highest BCUT2D eigenvalue weighted by atomic mass is 35.5. The molecule has 3 rings (SSSR count). The Balaban J connectivity index is 0.00000261. The van der Waals surface area contributed by atoms with Crippen molar-refractivity contribution in [3.8, 4) is 23.0 Å². The lowest BCUT2D eigenvalue weighted by Gasteiger charge is -2.15. The van der Waals surface area contributed by atoms with Gasteiger partial charge < -0.3 is 14.0 Å². The van der Waals surface area contributed by atoms with E-state index < -0.39 is 0 Å². The van der Waals surface area contributed by atoms with Crippen LogP contribution in [-0.2, 0) is 6.42 Å². The molecular weight excluding hydrogens is 368 g/mol. The molecule has 1 aromatic carbocycles. The maximum atomic E-state index is 11.1. The predicted molar refractivity (Wildman–Crippen MR) is 106 cm³/mol. The number of nitrogens with one attached hydrogen (secondary N) is 1. The molecule has 2 aromatic heterocycles. The number of ether oxygens (including phenoxy) is 2. The van der Waals surface area contributed by atoms with Crippen molar-refractivity contribution in [1.82, 2.24) is 10.1 Å². The maximum absolute atomic E-state index is 11.1. The third-order valence-electron chi connectivity index (χ3n) is 3.66. The molecule has 0 unspecified atom stereocenters. The van der Waals surface area contributed by atoms with E-state index in [1.807, 2.05) is 39.0 Å². The van der Waals surface area contributed by atoms with Crippen LogP contribution in [0.3, 0.4) is 0 Å². The van der Waals surface area contributed by atoms with Crippen molar-refractivity contribution in [1.29, 1.82) is 0 Å². The summed E-state index contributed by atoms with van der Waals surface area (Å²) in [6.45, 7) is 6.01. The van der Waals surface area contributed by atoms with Gasteiger partial charge in [-0.25, -0.2) is 4.98 Å². The van der Waals surface area contributed by atoms with Gasteiger partial charge in [0.2, 0.25) is 5.88 Å². The Morgan fingerprint density at radius 1 is 1.11 bits per heavy atom. The molecule has 6 nitrogen and oxygen atoms in total. The van der Waals surface area contributed by atoms with E-state index in [9.17, 15) is 4.79 Å². The lowest BCUT2D eigenvalue weighted by atomic mass is 10.1. The number of nitrogens with zero attached hydrogens (tertiary/aromatic N) is 1. The fraction of sp³-hybridized carbons (Fsp3) is 0.300. The first kappa shape index (κ1) is 20.6. The molecule has 0 amide bonds. The number of hydrogen-bond acceptors (Lipinski definition) is 5. The Kier molecular flexibility index (Phi) is 7.07. The van der Waals surface area contributed by atoms with Crippen molar-refractivity contribution in [3.63, 3.8) is 0 Å². The third-order valence-corrected chi connectivity index (χ3v) is 3.66. The molecular formula is C20H23ClN2O4. The number of aromatic nitrogens is 2. The van der Waals surface area contributed by atoms with Gasteiger partial charge in [0.25, 0.3) is 5.56 Å². The van der Waals surface area contributed by atoms with E-state index in [-0.39, 0.29) is 30.2 Å². The molecule has 1 atom stereocenters. The highest BCUT2D eigenvalue weighted by Crippen LogP contribution is 2.20. The van der Waals surface area contributed by atoms with Gasteiger partial charge in [0.15, 0.2) is 5.76 Å². The second kappa shape index (κ2) is 9.28. The first-order chi connectivity index (χ1) is 12.5. The number of rotatable bonds is 7. The SMILES string of the molecule is CC(C)Oc1cccc(C[C@H](C)Oc2ccc(-c3cc(=O)[nH]o3)cn2)c1.Cl. The molecule has 3 aromatic rings. The molecule has 0 spiro atoms. The number of hydrogen-bond donors (Lipinski definition) is 1. The van der Waals surface area contributed by atoms with Crippen LogP contribution in [0.4, 0.5) is 0 Å². The summed E-state index contributed by atoms with van der Waals surface area (Å²) in [5.41, 5.74) is 1.57. The number of H-pyrrole nitrogens is 1. The molecule has 0 saturated heterocycles. The van der Waals surface area contributed by atoms with Crippen molar-refractivity contribution < 1.29 is 14.0 Å². The van der Waals surface area contributed by atoms with Crippen molar-refractivity contribution in [2.24, 2.45) is 0 Å². The van der Waals surface area contributed by atoms with Crippen molar-refractivity contribution in [3.05, 3.63) is 64.6 Å². The average molecular weight is 391 g/mol. The van der Waals surface area contributed by atoms with Crippen LogP contribution in [0.1, 0.15) is 26.3 Å². The van der Waals surface area contributed by atoms with Gasteiger partial charge in [0.05, 0.1) is 12.2 Å². The Morgan fingerprint density at radius 3 is 2.56 bits per heavy atom. The van der Waals surface area contributed by atoms with E-state index in [2.05, 4.69) is 16.2 Å². The van der Waals surface area contributed by atoms with E-state index >= 15 is 0 Å². The fourth-order valence-electron chi connectivity index (χ4n) is 2.62. The normalized spacial score (nSPS) is 11.7. The molecule has 0 aliphatic carbocycles. The minimum atomic E-state index is -0.280. The zero-order valence-electron chi connectivity index (χ0n) is 15.5. The Labute approximate surface area is 163 Å².